The summed E-state index contributed by atoms with van der Waals surface area (Å²) in [7, 11) is 0. The lowest BCUT2D eigenvalue weighted by Gasteiger charge is -2.09. The number of nitrogens with one attached hydrogen (secondary N) is 1. The minimum atomic E-state index is -0.438. The second-order valence-electron chi connectivity index (χ2n) is 4.27. The van der Waals surface area contributed by atoms with Crippen LogP contribution in [0, 0.1) is 0 Å². The summed E-state index contributed by atoms with van der Waals surface area (Å²) in [6.45, 7) is 2.24. The van der Waals surface area contributed by atoms with Crippen molar-refractivity contribution in [3.8, 4) is 0 Å². The largest absolute Gasteiger partial charge is 0.391 e. The predicted molar refractivity (Wildman–Crippen MR) is 80.7 cm³/mol. The number of thioether (sulfide) groups is 1. The second-order valence-corrected chi connectivity index (χ2v) is 5.88. The fourth-order valence-corrected chi connectivity index (χ4v) is 2.40. The molecular formula is C14H20ClNO2S. The van der Waals surface area contributed by atoms with Crippen LogP contribution in [0.15, 0.2) is 29.2 Å². The molecule has 5 heteroatoms. The van der Waals surface area contributed by atoms with Crippen molar-refractivity contribution in [1.29, 1.82) is 0 Å². The van der Waals surface area contributed by atoms with Gasteiger partial charge in [-0.05, 0) is 42.9 Å². The molecule has 1 atom stereocenters. The van der Waals surface area contributed by atoms with Gasteiger partial charge in [-0.3, -0.25) is 4.79 Å². The van der Waals surface area contributed by atoms with Crippen LogP contribution >= 0.6 is 23.4 Å². The maximum absolute atomic E-state index is 11.5. The van der Waals surface area contributed by atoms with Crippen molar-refractivity contribution in [1.82, 2.24) is 5.32 Å². The van der Waals surface area contributed by atoms with Crippen LogP contribution < -0.4 is 5.32 Å². The van der Waals surface area contributed by atoms with Gasteiger partial charge in [0, 0.05) is 22.9 Å². The molecule has 0 aromatic heterocycles. The number of hydrogen-bond donors (Lipinski definition) is 2. The van der Waals surface area contributed by atoms with Gasteiger partial charge in [-0.2, -0.15) is 0 Å². The number of halogens is 1. The van der Waals surface area contributed by atoms with Gasteiger partial charge in [0.05, 0.1) is 6.10 Å². The molecule has 1 unspecified atom stereocenters. The Hall–Kier alpha value is -0.710. The molecule has 0 aliphatic heterocycles. The lowest BCUT2D eigenvalue weighted by molar-refractivity contribution is -0.121. The average Bonchev–Trinajstić information content (AvgIpc) is 2.42. The van der Waals surface area contributed by atoms with Crippen molar-refractivity contribution >= 4 is 29.3 Å². The summed E-state index contributed by atoms with van der Waals surface area (Å²) < 4.78 is 0. The molecule has 0 fully saturated rings. The summed E-state index contributed by atoms with van der Waals surface area (Å²) in [5, 5.41) is 12.8. The minimum Gasteiger partial charge on any atom is -0.391 e. The molecule has 0 aliphatic rings. The third kappa shape index (κ3) is 7.45. The highest BCUT2D eigenvalue weighted by Gasteiger charge is 2.04. The zero-order valence-corrected chi connectivity index (χ0v) is 12.6. The first-order valence-electron chi connectivity index (χ1n) is 6.45. The van der Waals surface area contributed by atoms with Gasteiger partial charge in [-0.25, -0.2) is 0 Å². The van der Waals surface area contributed by atoms with Gasteiger partial charge >= 0.3 is 0 Å². The van der Waals surface area contributed by atoms with Crippen LogP contribution in [0.5, 0.6) is 0 Å². The number of rotatable bonds is 8. The molecule has 0 saturated carbocycles. The second kappa shape index (κ2) is 9.23. The standard InChI is InChI=1S/C14H20ClNO2S/c1-2-12(17)10-16-14(18)4-3-9-19-13-7-5-11(15)6-8-13/h5-8,12,17H,2-4,9-10H2,1H3,(H,16,18). The topological polar surface area (TPSA) is 49.3 Å². The Morgan fingerprint density at radius 1 is 1.42 bits per heavy atom. The Labute approximate surface area is 123 Å². The number of hydrogen-bond acceptors (Lipinski definition) is 3. The first-order chi connectivity index (χ1) is 9.11. The molecular weight excluding hydrogens is 282 g/mol. The van der Waals surface area contributed by atoms with Crippen LogP contribution in [0.2, 0.25) is 5.02 Å². The van der Waals surface area contributed by atoms with E-state index in [1.807, 2.05) is 31.2 Å². The normalized spacial score (nSPS) is 12.2. The van der Waals surface area contributed by atoms with Crippen LogP contribution in [-0.4, -0.2) is 29.4 Å². The van der Waals surface area contributed by atoms with Crippen molar-refractivity contribution in [3.05, 3.63) is 29.3 Å². The number of carbonyl (C=O) groups is 1. The van der Waals surface area contributed by atoms with E-state index in [9.17, 15) is 9.90 Å². The lowest BCUT2D eigenvalue weighted by Crippen LogP contribution is -2.31. The molecule has 1 amide bonds. The summed E-state index contributed by atoms with van der Waals surface area (Å²) in [6, 6.07) is 7.68. The van der Waals surface area contributed by atoms with E-state index in [0.29, 0.717) is 19.4 Å². The van der Waals surface area contributed by atoms with Crippen LogP contribution in [0.1, 0.15) is 26.2 Å². The molecule has 19 heavy (non-hydrogen) atoms. The third-order valence-electron chi connectivity index (χ3n) is 2.64. The Kier molecular flexibility index (Phi) is 7.94. The predicted octanol–water partition coefficient (Wildman–Crippen LogP) is 3.10. The minimum absolute atomic E-state index is 0.00389. The van der Waals surface area contributed by atoms with Gasteiger partial charge in [0.25, 0.3) is 0 Å². The monoisotopic (exact) mass is 301 g/mol. The molecule has 3 nitrogen and oxygen atoms in total. The van der Waals surface area contributed by atoms with Crippen LogP contribution in [-0.2, 0) is 4.79 Å². The number of aliphatic hydroxyl groups excluding tert-OH is 1. The Bertz CT molecular complexity index is 384. The van der Waals surface area contributed by atoms with Crippen molar-refractivity contribution in [2.45, 2.75) is 37.2 Å². The molecule has 1 aromatic carbocycles. The van der Waals surface area contributed by atoms with E-state index in [1.54, 1.807) is 11.8 Å². The third-order valence-corrected chi connectivity index (χ3v) is 3.99. The lowest BCUT2D eigenvalue weighted by atomic mass is 10.2. The number of aliphatic hydroxyl groups is 1. The zero-order valence-electron chi connectivity index (χ0n) is 11.1. The van der Waals surface area contributed by atoms with Gasteiger partial charge in [-0.15, -0.1) is 11.8 Å². The fourth-order valence-electron chi connectivity index (χ4n) is 1.42. The highest BCUT2D eigenvalue weighted by Crippen LogP contribution is 2.21. The van der Waals surface area contributed by atoms with E-state index in [1.165, 1.54) is 0 Å². The number of amides is 1. The van der Waals surface area contributed by atoms with Gasteiger partial charge in [0.2, 0.25) is 5.91 Å². The van der Waals surface area contributed by atoms with E-state index in [-0.39, 0.29) is 5.91 Å². The maximum atomic E-state index is 11.5. The van der Waals surface area contributed by atoms with Crippen LogP contribution in [0.3, 0.4) is 0 Å². The maximum Gasteiger partial charge on any atom is 0.220 e. The van der Waals surface area contributed by atoms with Crippen molar-refractivity contribution < 1.29 is 9.90 Å². The van der Waals surface area contributed by atoms with E-state index in [0.717, 1.165) is 22.1 Å². The molecule has 106 valence electrons. The van der Waals surface area contributed by atoms with Crippen molar-refractivity contribution in [2.75, 3.05) is 12.3 Å². The molecule has 0 spiro atoms. The SMILES string of the molecule is CCC(O)CNC(=O)CCCSc1ccc(Cl)cc1. The fraction of sp³-hybridized carbons (Fsp3) is 0.500. The smallest absolute Gasteiger partial charge is 0.220 e. The molecule has 0 radical (unpaired) electrons. The molecule has 0 heterocycles. The summed E-state index contributed by atoms with van der Waals surface area (Å²) >= 11 is 7.52. The first kappa shape index (κ1) is 16.3. The van der Waals surface area contributed by atoms with Gasteiger partial charge in [-0.1, -0.05) is 18.5 Å². The number of benzene rings is 1. The summed E-state index contributed by atoms with van der Waals surface area (Å²) in [6.07, 6.45) is 1.54. The molecule has 0 aliphatic carbocycles. The van der Waals surface area contributed by atoms with E-state index < -0.39 is 6.10 Å². The van der Waals surface area contributed by atoms with Gasteiger partial charge < -0.3 is 10.4 Å². The van der Waals surface area contributed by atoms with E-state index in [4.69, 9.17) is 11.6 Å². The molecule has 1 aromatic rings. The highest BCUT2D eigenvalue weighted by atomic mass is 35.5. The van der Waals surface area contributed by atoms with Gasteiger partial charge in [0.1, 0.15) is 0 Å². The molecule has 1 rings (SSSR count). The average molecular weight is 302 g/mol. The van der Waals surface area contributed by atoms with Crippen LogP contribution in [0.4, 0.5) is 0 Å². The van der Waals surface area contributed by atoms with E-state index in [2.05, 4.69) is 5.32 Å². The Morgan fingerprint density at radius 3 is 2.74 bits per heavy atom. The Balaban J connectivity index is 2.10. The quantitative estimate of drug-likeness (QED) is 0.573. The number of carbonyl (C=O) groups excluding carboxylic acids is 1. The Morgan fingerprint density at radius 2 is 2.11 bits per heavy atom. The first-order valence-corrected chi connectivity index (χ1v) is 7.81. The zero-order chi connectivity index (χ0) is 14.1. The molecule has 2 N–H and O–H groups in total. The van der Waals surface area contributed by atoms with Crippen molar-refractivity contribution in [3.63, 3.8) is 0 Å². The van der Waals surface area contributed by atoms with Gasteiger partial charge in [0.15, 0.2) is 0 Å². The highest BCUT2D eigenvalue weighted by molar-refractivity contribution is 7.99. The van der Waals surface area contributed by atoms with E-state index >= 15 is 0 Å². The summed E-state index contributed by atoms with van der Waals surface area (Å²) in [4.78, 5) is 12.6. The van der Waals surface area contributed by atoms with Crippen molar-refractivity contribution in [2.24, 2.45) is 0 Å². The summed E-state index contributed by atoms with van der Waals surface area (Å²) in [5.74, 6) is 0.898. The van der Waals surface area contributed by atoms with Crippen LogP contribution in [0.25, 0.3) is 0 Å². The molecule has 0 saturated heterocycles. The summed E-state index contributed by atoms with van der Waals surface area (Å²) in [5.41, 5.74) is 0. The molecule has 0 bridgehead atoms.